The van der Waals surface area contributed by atoms with Crippen molar-refractivity contribution in [2.24, 2.45) is 0 Å². The van der Waals surface area contributed by atoms with Crippen LogP contribution in [0.3, 0.4) is 0 Å². The van der Waals surface area contributed by atoms with Crippen molar-refractivity contribution in [3.8, 4) is 11.3 Å². The van der Waals surface area contributed by atoms with E-state index < -0.39 is 0 Å². The first-order valence-corrected chi connectivity index (χ1v) is 6.67. The van der Waals surface area contributed by atoms with Crippen molar-refractivity contribution in [3.05, 3.63) is 52.9 Å². The molecular formula is C14H12BrN3. The molecule has 1 aromatic carbocycles. The van der Waals surface area contributed by atoms with E-state index in [1.54, 1.807) is 6.20 Å². The zero-order valence-electron chi connectivity index (χ0n) is 9.97. The number of rotatable bonds is 2. The number of benzene rings is 1. The second kappa shape index (κ2) is 4.53. The van der Waals surface area contributed by atoms with Gasteiger partial charge in [-0.05, 0) is 22.4 Å². The van der Waals surface area contributed by atoms with E-state index in [4.69, 9.17) is 0 Å². The molecule has 0 aliphatic rings. The van der Waals surface area contributed by atoms with Gasteiger partial charge in [0.25, 0.3) is 0 Å². The number of fused-ring (bicyclic) bond motifs is 1. The topological polar surface area (TPSA) is 30.2 Å². The molecule has 0 saturated carbocycles. The van der Waals surface area contributed by atoms with Crippen molar-refractivity contribution in [2.45, 2.75) is 13.3 Å². The summed E-state index contributed by atoms with van der Waals surface area (Å²) < 4.78 is 3.01. The number of imidazole rings is 1. The van der Waals surface area contributed by atoms with Crippen molar-refractivity contribution in [3.63, 3.8) is 0 Å². The minimum absolute atomic E-state index is 0.744. The summed E-state index contributed by atoms with van der Waals surface area (Å²) >= 11 is 3.45. The summed E-state index contributed by atoms with van der Waals surface area (Å²) in [5, 5.41) is 0. The van der Waals surface area contributed by atoms with Gasteiger partial charge in [0.1, 0.15) is 0 Å². The van der Waals surface area contributed by atoms with Gasteiger partial charge < -0.3 is 0 Å². The van der Waals surface area contributed by atoms with Crippen molar-refractivity contribution >= 4 is 21.7 Å². The molecule has 0 radical (unpaired) electrons. The first-order chi connectivity index (χ1) is 8.79. The maximum absolute atomic E-state index is 4.63. The molecule has 0 unspecified atom stereocenters. The van der Waals surface area contributed by atoms with Gasteiger partial charge in [-0.1, -0.05) is 37.3 Å². The highest BCUT2D eigenvalue weighted by molar-refractivity contribution is 9.10. The lowest BCUT2D eigenvalue weighted by Gasteiger charge is -2.01. The summed E-state index contributed by atoms with van der Waals surface area (Å²) in [5.74, 6) is 0.744. The maximum atomic E-state index is 4.63. The van der Waals surface area contributed by atoms with Gasteiger partial charge in [-0.25, -0.2) is 9.97 Å². The van der Waals surface area contributed by atoms with Crippen LogP contribution in [-0.4, -0.2) is 14.4 Å². The quantitative estimate of drug-likeness (QED) is 0.722. The summed E-state index contributed by atoms with van der Waals surface area (Å²) in [6.45, 7) is 2.14. The Morgan fingerprint density at radius 2 is 2.00 bits per heavy atom. The molecule has 0 atom stereocenters. The van der Waals surface area contributed by atoms with Gasteiger partial charge in [0, 0.05) is 18.0 Å². The van der Waals surface area contributed by atoms with Crippen LogP contribution in [-0.2, 0) is 6.42 Å². The average Bonchev–Trinajstić information content (AvgIpc) is 2.77. The van der Waals surface area contributed by atoms with Gasteiger partial charge in [0.2, 0.25) is 5.78 Å². The fourth-order valence-corrected chi connectivity index (χ4v) is 2.43. The normalized spacial score (nSPS) is 11.0. The van der Waals surface area contributed by atoms with E-state index in [2.05, 4.69) is 45.0 Å². The molecule has 4 heteroatoms. The monoisotopic (exact) mass is 301 g/mol. The molecule has 0 bridgehead atoms. The van der Waals surface area contributed by atoms with Crippen LogP contribution in [0.1, 0.15) is 12.6 Å². The summed E-state index contributed by atoms with van der Waals surface area (Å²) in [6, 6.07) is 10.2. The molecule has 0 aliphatic heterocycles. The Morgan fingerprint density at radius 3 is 2.72 bits per heavy atom. The van der Waals surface area contributed by atoms with Crippen molar-refractivity contribution in [1.82, 2.24) is 14.4 Å². The van der Waals surface area contributed by atoms with E-state index in [0.29, 0.717) is 0 Å². The highest BCUT2D eigenvalue weighted by Gasteiger charge is 2.12. The van der Waals surface area contributed by atoms with Gasteiger partial charge in [-0.2, -0.15) is 0 Å². The molecule has 2 heterocycles. The van der Waals surface area contributed by atoms with Gasteiger partial charge in [0.15, 0.2) is 0 Å². The largest absolute Gasteiger partial charge is 0.286 e. The molecule has 0 spiro atoms. The molecule has 3 aromatic rings. The Balaban J connectivity index is 2.30. The van der Waals surface area contributed by atoms with Crippen LogP contribution in [0.25, 0.3) is 17.0 Å². The van der Waals surface area contributed by atoms with Crippen LogP contribution in [0.2, 0.25) is 0 Å². The van der Waals surface area contributed by atoms with Crippen LogP contribution in [0.4, 0.5) is 0 Å². The van der Waals surface area contributed by atoms with Crippen LogP contribution in [0, 0.1) is 0 Å². The Hall–Kier alpha value is -1.68. The highest BCUT2D eigenvalue weighted by Crippen LogP contribution is 2.24. The Kier molecular flexibility index (Phi) is 2.88. The minimum atomic E-state index is 0.744. The predicted octanol–water partition coefficient (Wildman–Crippen LogP) is 3.72. The van der Waals surface area contributed by atoms with Crippen molar-refractivity contribution < 1.29 is 0 Å². The lowest BCUT2D eigenvalue weighted by atomic mass is 10.1. The number of hydrogen-bond donors (Lipinski definition) is 0. The van der Waals surface area contributed by atoms with Crippen LogP contribution in [0.5, 0.6) is 0 Å². The van der Waals surface area contributed by atoms with E-state index in [-0.39, 0.29) is 0 Å². The van der Waals surface area contributed by atoms with Gasteiger partial charge in [-0.15, -0.1) is 0 Å². The van der Waals surface area contributed by atoms with Crippen LogP contribution < -0.4 is 0 Å². The standard InChI is InChI=1S/C14H12BrN3/c1-2-12-13(10-6-4-3-5-7-10)17-14-16-8-11(15)9-18(12)14/h3-9H,2H2,1H3. The first-order valence-electron chi connectivity index (χ1n) is 5.87. The third kappa shape index (κ3) is 1.82. The number of hydrogen-bond acceptors (Lipinski definition) is 2. The van der Waals surface area contributed by atoms with E-state index in [9.17, 15) is 0 Å². The van der Waals surface area contributed by atoms with Gasteiger partial charge >= 0.3 is 0 Å². The van der Waals surface area contributed by atoms with Gasteiger partial charge in [-0.3, -0.25) is 4.40 Å². The Labute approximate surface area is 114 Å². The zero-order chi connectivity index (χ0) is 12.5. The lowest BCUT2D eigenvalue weighted by Crippen LogP contribution is -1.93. The SMILES string of the molecule is CCc1c(-c2ccccc2)nc2ncc(Br)cn12. The minimum Gasteiger partial charge on any atom is -0.286 e. The second-order valence-corrected chi connectivity index (χ2v) is 4.98. The van der Waals surface area contributed by atoms with Gasteiger partial charge in [0.05, 0.1) is 15.9 Å². The lowest BCUT2D eigenvalue weighted by molar-refractivity contribution is 0.974. The summed E-state index contributed by atoms with van der Waals surface area (Å²) in [5.41, 5.74) is 3.34. The number of nitrogens with zero attached hydrogens (tertiary/aromatic N) is 3. The van der Waals surface area contributed by atoms with Crippen LogP contribution >= 0.6 is 15.9 Å². The summed E-state index contributed by atoms with van der Waals surface area (Å²) in [6.07, 6.45) is 4.71. The highest BCUT2D eigenvalue weighted by atomic mass is 79.9. The number of aromatic nitrogens is 3. The molecule has 0 N–H and O–H groups in total. The third-order valence-electron chi connectivity index (χ3n) is 2.93. The molecule has 0 fully saturated rings. The Bertz CT molecular complexity index is 689. The molecule has 0 aliphatic carbocycles. The average molecular weight is 302 g/mol. The molecule has 2 aromatic heterocycles. The second-order valence-electron chi connectivity index (χ2n) is 4.07. The summed E-state index contributed by atoms with van der Waals surface area (Å²) in [7, 11) is 0. The smallest absolute Gasteiger partial charge is 0.234 e. The fraction of sp³-hybridized carbons (Fsp3) is 0.143. The van der Waals surface area contributed by atoms with E-state index in [0.717, 1.165) is 27.9 Å². The molecule has 90 valence electrons. The molecule has 0 saturated heterocycles. The Morgan fingerprint density at radius 1 is 1.22 bits per heavy atom. The van der Waals surface area contributed by atoms with E-state index in [1.165, 1.54) is 5.69 Å². The molecule has 3 rings (SSSR count). The van der Waals surface area contributed by atoms with Crippen molar-refractivity contribution in [2.75, 3.05) is 0 Å². The molecule has 3 nitrogen and oxygen atoms in total. The van der Waals surface area contributed by atoms with E-state index in [1.807, 2.05) is 28.8 Å². The zero-order valence-corrected chi connectivity index (χ0v) is 11.6. The maximum Gasteiger partial charge on any atom is 0.234 e. The number of aryl methyl sites for hydroxylation is 1. The first kappa shape index (κ1) is 11.4. The van der Waals surface area contributed by atoms with Crippen LogP contribution in [0.15, 0.2) is 47.2 Å². The summed E-state index contributed by atoms with van der Waals surface area (Å²) in [4.78, 5) is 8.97. The molecular weight excluding hydrogens is 290 g/mol. The predicted molar refractivity (Wildman–Crippen MR) is 75.5 cm³/mol. The number of halogens is 1. The van der Waals surface area contributed by atoms with E-state index >= 15 is 0 Å². The molecule has 18 heavy (non-hydrogen) atoms. The fourth-order valence-electron chi connectivity index (χ4n) is 2.12. The van der Waals surface area contributed by atoms with Crippen molar-refractivity contribution in [1.29, 1.82) is 0 Å². The molecule has 0 amide bonds. The third-order valence-corrected chi connectivity index (χ3v) is 3.34.